The number of carbonyl (C=O) groups excluding carboxylic acids is 1. The highest BCUT2D eigenvalue weighted by Crippen LogP contribution is 2.43. The number of halogens is 1. The molecule has 15 nitrogen and oxygen atoms in total. The molecule has 8 rings (SSSR count). The molecule has 61 heavy (non-hydrogen) atoms. The SMILES string of the molecule is CC1(C)CCC(CN2CCN(c3ccc(C(=O)NS(=O)(=O)c4ccc(NC[C@H]5COCCO5)c([N+](=O)[O-])c4)c(Oc4cnc5[nH]ccc5c4)c3)CC2)=C(c2ccc(Cl)cc2)C1. The minimum atomic E-state index is -4.58. The number of allylic oxidation sites excluding steroid dienone is 1. The van der Waals surface area contributed by atoms with E-state index in [4.69, 9.17) is 25.8 Å². The van der Waals surface area contributed by atoms with Gasteiger partial charge in [0.1, 0.15) is 22.8 Å². The number of H-pyrrole nitrogens is 1. The molecule has 320 valence electrons. The van der Waals surface area contributed by atoms with Gasteiger partial charge >= 0.3 is 0 Å². The number of pyridine rings is 1. The first-order valence-corrected chi connectivity index (χ1v) is 22.1. The number of piperazine rings is 1. The molecule has 2 aliphatic heterocycles. The number of anilines is 2. The second-order valence-electron chi connectivity index (χ2n) is 16.4. The first-order valence-electron chi connectivity index (χ1n) is 20.3. The summed E-state index contributed by atoms with van der Waals surface area (Å²) < 4.78 is 46.7. The Morgan fingerprint density at radius 1 is 1.05 bits per heavy atom. The van der Waals surface area contributed by atoms with Crippen LogP contribution in [0.25, 0.3) is 16.6 Å². The Kier molecular flexibility index (Phi) is 12.3. The summed E-state index contributed by atoms with van der Waals surface area (Å²) in [5.74, 6) is -0.511. The predicted molar refractivity (Wildman–Crippen MR) is 234 cm³/mol. The molecule has 0 spiro atoms. The van der Waals surface area contributed by atoms with Crippen molar-refractivity contribution in [1.29, 1.82) is 0 Å². The lowest BCUT2D eigenvalue weighted by molar-refractivity contribution is -0.384. The molecule has 1 aliphatic carbocycles. The molecule has 1 amide bonds. The summed E-state index contributed by atoms with van der Waals surface area (Å²) in [5, 5.41) is 16.5. The van der Waals surface area contributed by atoms with Gasteiger partial charge in [0.05, 0.1) is 47.5 Å². The van der Waals surface area contributed by atoms with Gasteiger partial charge in [0.25, 0.3) is 21.6 Å². The Morgan fingerprint density at radius 3 is 2.61 bits per heavy atom. The van der Waals surface area contributed by atoms with Gasteiger partial charge in [-0.25, -0.2) is 18.1 Å². The highest BCUT2D eigenvalue weighted by Gasteiger charge is 2.31. The van der Waals surface area contributed by atoms with Crippen LogP contribution in [0.1, 0.15) is 49.0 Å². The molecule has 3 aliphatic rings. The number of nitrogens with one attached hydrogen (secondary N) is 3. The van der Waals surface area contributed by atoms with Crippen molar-refractivity contribution in [1.82, 2.24) is 19.6 Å². The topological polar surface area (TPSA) is 181 Å². The van der Waals surface area contributed by atoms with Crippen LogP contribution in [0.2, 0.25) is 5.02 Å². The van der Waals surface area contributed by atoms with Crippen LogP contribution in [0, 0.1) is 15.5 Å². The van der Waals surface area contributed by atoms with Crippen molar-refractivity contribution >= 4 is 61.2 Å². The first kappa shape index (κ1) is 42.2. The summed E-state index contributed by atoms with van der Waals surface area (Å²) in [6.07, 6.45) is 6.13. The van der Waals surface area contributed by atoms with Crippen molar-refractivity contribution in [2.45, 2.75) is 44.1 Å². The lowest BCUT2D eigenvalue weighted by Crippen LogP contribution is -2.47. The van der Waals surface area contributed by atoms with Gasteiger partial charge in [0.2, 0.25) is 0 Å². The van der Waals surface area contributed by atoms with Gasteiger partial charge in [0.15, 0.2) is 0 Å². The van der Waals surface area contributed by atoms with Crippen molar-refractivity contribution in [3.05, 3.63) is 117 Å². The molecule has 3 aromatic carbocycles. The molecule has 5 aromatic rings. The lowest BCUT2D eigenvalue weighted by Gasteiger charge is -2.39. The maximum absolute atomic E-state index is 13.9. The molecule has 0 radical (unpaired) electrons. The largest absolute Gasteiger partial charge is 0.455 e. The third-order valence-corrected chi connectivity index (χ3v) is 13.0. The third kappa shape index (κ3) is 10.0. The normalized spacial score (nSPS) is 18.5. The van der Waals surface area contributed by atoms with Crippen LogP contribution in [0.5, 0.6) is 11.5 Å². The average molecular weight is 870 g/mol. The highest BCUT2D eigenvalue weighted by molar-refractivity contribution is 7.90. The number of aromatic nitrogens is 2. The minimum Gasteiger partial charge on any atom is -0.455 e. The van der Waals surface area contributed by atoms with Crippen LogP contribution in [-0.4, -0.2) is 99.3 Å². The zero-order chi connectivity index (χ0) is 42.7. The quantitative estimate of drug-likeness (QED) is 0.0778. The van der Waals surface area contributed by atoms with E-state index in [0.29, 0.717) is 31.2 Å². The fourth-order valence-electron chi connectivity index (χ4n) is 8.07. The van der Waals surface area contributed by atoms with Crippen molar-refractivity contribution in [3.8, 4) is 11.5 Å². The number of aromatic amines is 1. The monoisotopic (exact) mass is 869 g/mol. The Labute approximate surface area is 359 Å². The number of amides is 1. The summed E-state index contributed by atoms with van der Waals surface area (Å²) in [7, 11) is -4.58. The lowest BCUT2D eigenvalue weighted by atomic mass is 9.72. The van der Waals surface area contributed by atoms with Crippen molar-refractivity contribution in [3.63, 3.8) is 0 Å². The smallest absolute Gasteiger partial charge is 0.293 e. The van der Waals surface area contributed by atoms with Gasteiger partial charge < -0.3 is 29.4 Å². The Morgan fingerprint density at radius 2 is 1.85 bits per heavy atom. The molecule has 1 atom stereocenters. The van der Waals surface area contributed by atoms with E-state index >= 15 is 0 Å². The molecule has 17 heteroatoms. The maximum Gasteiger partial charge on any atom is 0.293 e. The molecule has 0 bridgehead atoms. The van der Waals surface area contributed by atoms with E-state index in [9.17, 15) is 23.3 Å². The number of nitro benzene ring substituents is 1. The van der Waals surface area contributed by atoms with Gasteiger partial charge in [-0.1, -0.05) is 43.2 Å². The summed E-state index contributed by atoms with van der Waals surface area (Å²) >= 11 is 6.24. The highest BCUT2D eigenvalue weighted by atomic mass is 35.5. The van der Waals surface area contributed by atoms with Crippen molar-refractivity contribution < 1.29 is 32.3 Å². The van der Waals surface area contributed by atoms with Crippen molar-refractivity contribution in [2.24, 2.45) is 5.41 Å². The molecular formula is C44H48ClN7O8S. The Bertz CT molecular complexity index is 2570. The van der Waals surface area contributed by atoms with Crippen LogP contribution in [0.4, 0.5) is 17.1 Å². The second kappa shape index (κ2) is 17.8. The summed E-state index contributed by atoms with van der Waals surface area (Å²) in [6, 6.07) is 20.2. The molecule has 0 saturated carbocycles. The molecule has 2 fully saturated rings. The van der Waals surface area contributed by atoms with Crippen LogP contribution >= 0.6 is 11.6 Å². The first-order chi connectivity index (χ1) is 29.3. The van der Waals surface area contributed by atoms with E-state index in [2.05, 4.69) is 55.8 Å². The number of sulfonamides is 1. The number of carbonyl (C=O) groups is 1. The fraction of sp³-hybridized carbons (Fsp3) is 0.364. The van der Waals surface area contributed by atoms with Gasteiger partial charge in [-0.2, -0.15) is 0 Å². The second-order valence-corrected chi connectivity index (χ2v) is 18.5. The molecule has 2 saturated heterocycles. The van der Waals surface area contributed by atoms with Gasteiger partial charge in [0, 0.05) is 73.7 Å². The molecular weight excluding hydrogens is 822 g/mol. The number of fused-ring (bicyclic) bond motifs is 1. The van der Waals surface area contributed by atoms with E-state index < -0.39 is 31.4 Å². The van der Waals surface area contributed by atoms with Crippen molar-refractivity contribution in [2.75, 3.05) is 69.3 Å². The van der Waals surface area contributed by atoms with Gasteiger partial charge in [-0.3, -0.25) is 19.8 Å². The zero-order valence-electron chi connectivity index (χ0n) is 34.0. The number of rotatable bonds is 13. The number of hydrogen-bond donors (Lipinski definition) is 3. The van der Waals surface area contributed by atoms with E-state index in [0.717, 1.165) is 74.1 Å². The number of nitro groups is 1. The number of ether oxygens (including phenoxy) is 3. The van der Waals surface area contributed by atoms with E-state index in [1.165, 1.54) is 41.1 Å². The summed E-state index contributed by atoms with van der Waals surface area (Å²) in [4.78, 5) is 36.9. The predicted octanol–water partition coefficient (Wildman–Crippen LogP) is 7.65. The molecule has 2 aromatic heterocycles. The van der Waals surface area contributed by atoms with E-state index in [-0.39, 0.29) is 35.1 Å². The molecule has 3 N–H and O–H groups in total. The average Bonchev–Trinajstić information content (AvgIpc) is 3.72. The van der Waals surface area contributed by atoms with Gasteiger partial charge in [-0.15, -0.1) is 0 Å². The molecule has 4 heterocycles. The van der Waals surface area contributed by atoms with Gasteiger partial charge in [-0.05, 0) is 84.3 Å². The maximum atomic E-state index is 13.9. The van der Waals surface area contributed by atoms with E-state index in [1.54, 1.807) is 24.4 Å². The van der Waals surface area contributed by atoms with Crippen LogP contribution in [0.15, 0.2) is 95.7 Å². The summed E-state index contributed by atoms with van der Waals surface area (Å²) in [5.41, 5.74) is 5.34. The van der Waals surface area contributed by atoms with Crippen LogP contribution in [0.3, 0.4) is 0 Å². The summed E-state index contributed by atoms with van der Waals surface area (Å²) in [6.45, 7) is 10.0. The fourth-order valence-corrected chi connectivity index (χ4v) is 9.19. The van der Waals surface area contributed by atoms with Crippen LogP contribution < -0.4 is 19.7 Å². The number of hydrogen-bond acceptors (Lipinski definition) is 12. The zero-order valence-corrected chi connectivity index (χ0v) is 35.6. The molecule has 0 unspecified atom stereocenters. The third-order valence-electron chi connectivity index (χ3n) is 11.5. The Balaban J connectivity index is 1.00. The number of benzene rings is 3. The van der Waals surface area contributed by atoms with Crippen LogP contribution in [-0.2, 0) is 19.5 Å². The number of nitrogens with zero attached hydrogens (tertiary/aromatic N) is 4. The standard InChI is InChI=1S/C44H48ClN7O8S/c1-44(2)13-11-31(38(24-44)29-3-5-32(45)6-4-29)27-50-15-17-51(18-16-50)33-7-9-37(41(22-33)60-34-21-30-12-14-46-42(30)48-25-34)43(53)49-61(56,57)36-8-10-39(40(23-36)52(54)55)47-26-35-28-58-19-20-59-35/h3-10,12,14,21-23,25,35,47H,11,13,15-20,24,26-28H2,1-2H3,(H,46,48)(H,49,53)/t35-/m0/s1. The van der Waals surface area contributed by atoms with E-state index in [1.807, 2.05) is 18.2 Å². The minimum absolute atomic E-state index is 0.0514. The Hall–Kier alpha value is -5.52.